The minimum absolute atomic E-state index is 0.00236. The van der Waals surface area contributed by atoms with Crippen LogP contribution < -0.4 is 5.32 Å². The molecule has 1 N–H and O–H groups in total. The first kappa shape index (κ1) is 18.6. The van der Waals surface area contributed by atoms with Crippen LogP contribution in [0.15, 0.2) is 22.5 Å². The van der Waals surface area contributed by atoms with E-state index in [1.807, 2.05) is 0 Å². The number of benzene rings is 1. The standard InChI is InChI=1S/C14H13ClFN3O3S2/c1-3-22-12(21)7(2)23-14-19-18-13(24-14)17-11(20)10-8(15)5-4-6-9(10)16/h4-7H,3H2,1-2H3,(H,17,18,20)/t7-/m0/s1. The second-order valence-corrected chi connectivity index (χ2v) is 7.41. The average molecular weight is 390 g/mol. The van der Waals surface area contributed by atoms with Gasteiger partial charge in [-0.25, -0.2) is 4.39 Å². The summed E-state index contributed by atoms with van der Waals surface area (Å²) in [4.78, 5) is 23.7. The number of rotatable bonds is 6. The number of carbonyl (C=O) groups is 2. The van der Waals surface area contributed by atoms with Gasteiger partial charge >= 0.3 is 5.97 Å². The van der Waals surface area contributed by atoms with Crippen molar-refractivity contribution in [2.45, 2.75) is 23.4 Å². The average Bonchev–Trinajstić information content (AvgIpc) is 2.94. The molecule has 0 saturated carbocycles. The van der Waals surface area contributed by atoms with Crippen LogP contribution in [0.2, 0.25) is 5.02 Å². The molecule has 0 radical (unpaired) electrons. The van der Waals surface area contributed by atoms with Gasteiger partial charge in [-0.3, -0.25) is 14.9 Å². The smallest absolute Gasteiger partial charge is 0.319 e. The van der Waals surface area contributed by atoms with Gasteiger partial charge in [0.15, 0.2) is 4.34 Å². The zero-order chi connectivity index (χ0) is 17.7. The van der Waals surface area contributed by atoms with Crippen molar-refractivity contribution < 1.29 is 18.7 Å². The van der Waals surface area contributed by atoms with Crippen LogP contribution in [0.1, 0.15) is 24.2 Å². The van der Waals surface area contributed by atoms with Crippen molar-refractivity contribution in [1.29, 1.82) is 0 Å². The molecule has 1 atom stereocenters. The molecule has 0 fully saturated rings. The summed E-state index contributed by atoms with van der Waals surface area (Å²) in [6.07, 6.45) is 0. The fourth-order valence-electron chi connectivity index (χ4n) is 1.64. The molecule has 0 saturated heterocycles. The number of amides is 1. The molecule has 0 spiro atoms. The van der Waals surface area contributed by atoms with Crippen LogP contribution in [-0.2, 0) is 9.53 Å². The van der Waals surface area contributed by atoms with Crippen molar-refractivity contribution >= 4 is 51.7 Å². The van der Waals surface area contributed by atoms with Gasteiger partial charge in [0.05, 0.1) is 17.2 Å². The number of ether oxygens (including phenoxy) is 1. The number of hydrogen-bond donors (Lipinski definition) is 1. The molecule has 1 aromatic heterocycles. The Morgan fingerprint density at radius 3 is 2.88 bits per heavy atom. The molecule has 2 aromatic rings. The van der Waals surface area contributed by atoms with E-state index in [1.165, 1.54) is 12.1 Å². The third-order valence-electron chi connectivity index (χ3n) is 2.71. The van der Waals surface area contributed by atoms with Crippen LogP contribution in [0, 0.1) is 5.82 Å². The normalized spacial score (nSPS) is 11.8. The van der Waals surface area contributed by atoms with E-state index in [9.17, 15) is 14.0 Å². The van der Waals surface area contributed by atoms with Crippen LogP contribution in [0.25, 0.3) is 0 Å². The van der Waals surface area contributed by atoms with Crippen molar-refractivity contribution in [3.05, 3.63) is 34.6 Å². The lowest BCUT2D eigenvalue weighted by molar-refractivity contribution is -0.142. The first-order valence-electron chi connectivity index (χ1n) is 6.84. The third-order valence-corrected chi connectivity index (χ3v) is 5.03. The van der Waals surface area contributed by atoms with Crippen molar-refractivity contribution in [1.82, 2.24) is 10.2 Å². The van der Waals surface area contributed by atoms with E-state index in [-0.39, 0.29) is 21.7 Å². The zero-order valence-corrected chi connectivity index (χ0v) is 15.1. The molecular weight excluding hydrogens is 377 g/mol. The zero-order valence-electron chi connectivity index (χ0n) is 12.7. The van der Waals surface area contributed by atoms with Crippen LogP contribution in [-0.4, -0.2) is 33.9 Å². The lowest BCUT2D eigenvalue weighted by Gasteiger charge is -2.07. The number of carbonyl (C=O) groups excluding carboxylic acids is 2. The number of nitrogens with zero attached hydrogens (tertiary/aromatic N) is 2. The second kappa shape index (κ2) is 8.41. The fraction of sp³-hybridized carbons (Fsp3) is 0.286. The van der Waals surface area contributed by atoms with Gasteiger partial charge in [-0.15, -0.1) is 10.2 Å². The highest BCUT2D eigenvalue weighted by Crippen LogP contribution is 2.30. The molecule has 10 heteroatoms. The van der Waals surface area contributed by atoms with E-state index in [0.29, 0.717) is 10.9 Å². The van der Waals surface area contributed by atoms with Crippen molar-refractivity contribution in [3.8, 4) is 0 Å². The van der Waals surface area contributed by atoms with Gasteiger partial charge in [0.1, 0.15) is 11.1 Å². The monoisotopic (exact) mass is 389 g/mol. The van der Waals surface area contributed by atoms with Gasteiger partial charge in [-0.1, -0.05) is 40.8 Å². The van der Waals surface area contributed by atoms with Gasteiger partial charge in [-0.2, -0.15) is 0 Å². The quantitative estimate of drug-likeness (QED) is 0.461. The van der Waals surface area contributed by atoms with E-state index in [4.69, 9.17) is 16.3 Å². The first-order chi connectivity index (χ1) is 11.4. The van der Waals surface area contributed by atoms with Crippen molar-refractivity contribution in [2.75, 3.05) is 11.9 Å². The molecule has 6 nitrogen and oxygen atoms in total. The minimum atomic E-state index is -0.727. The third kappa shape index (κ3) is 4.65. The molecule has 128 valence electrons. The van der Waals surface area contributed by atoms with E-state index < -0.39 is 17.0 Å². The summed E-state index contributed by atoms with van der Waals surface area (Å²) in [7, 11) is 0. The summed E-state index contributed by atoms with van der Waals surface area (Å²) < 4.78 is 19.1. The Hall–Kier alpha value is -1.71. The molecule has 0 aliphatic rings. The summed E-state index contributed by atoms with van der Waals surface area (Å²) in [5.74, 6) is -1.80. The van der Waals surface area contributed by atoms with Gasteiger partial charge in [0, 0.05) is 0 Å². The Balaban J connectivity index is 2.03. The lowest BCUT2D eigenvalue weighted by Crippen LogP contribution is -2.16. The fourth-order valence-corrected chi connectivity index (χ4v) is 3.78. The number of thioether (sulfide) groups is 1. The van der Waals surface area contributed by atoms with Crippen LogP contribution in [0.4, 0.5) is 9.52 Å². The molecule has 24 heavy (non-hydrogen) atoms. The van der Waals surface area contributed by atoms with Crippen molar-refractivity contribution in [3.63, 3.8) is 0 Å². The Labute approximate surface area is 150 Å². The molecule has 2 rings (SSSR count). The summed E-state index contributed by atoms with van der Waals surface area (Å²) in [5.41, 5.74) is -0.261. The van der Waals surface area contributed by atoms with Crippen LogP contribution in [0.5, 0.6) is 0 Å². The van der Waals surface area contributed by atoms with E-state index in [2.05, 4.69) is 15.5 Å². The SMILES string of the molecule is CCOC(=O)[C@H](C)Sc1nnc(NC(=O)c2c(F)cccc2Cl)s1. The Kier molecular flexibility index (Phi) is 6.52. The Bertz CT molecular complexity index is 736. The van der Waals surface area contributed by atoms with E-state index in [1.54, 1.807) is 13.8 Å². The number of aromatic nitrogens is 2. The molecule has 0 bridgehead atoms. The van der Waals surface area contributed by atoms with Crippen LogP contribution >= 0.6 is 34.7 Å². The number of nitrogens with one attached hydrogen (secondary N) is 1. The molecule has 1 amide bonds. The maximum atomic E-state index is 13.7. The second-order valence-electron chi connectivity index (χ2n) is 4.44. The van der Waals surface area contributed by atoms with Gasteiger partial charge in [0.25, 0.3) is 5.91 Å². The van der Waals surface area contributed by atoms with E-state index >= 15 is 0 Å². The highest BCUT2D eigenvalue weighted by molar-refractivity contribution is 8.02. The largest absolute Gasteiger partial charge is 0.465 e. The molecule has 0 aliphatic carbocycles. The van der Waals surface area contributed by atoms with Gasteiger partial charge < -0.3 is 4.74 Å². The van der Waals surface area contributed by atoms with Gasteiger partial charge in [0.2, 0.25) is 5.13 Å². The number of hydrogen-bond acceptors (Lipinski definition) is 7. The van der Waals surface area contributed by atoms with Crippen LogP contribution in [0.3, 0.4) is 0 Å². The maximum absolute atomic E-state index is 13.7. The molecule has 0 unspecified atom stereocenters. The molecular formula is C14H13ClFN3O3S2. The van der Waals surface area contributed by atoms with Crippen molar-refractivity contribution in [2.24, 2.45) is 0 Å². The Morgan fingerprint density at radius 2 is 2.21 bits per heavy atom. The summed E-state index contributed by atoms with van der Waals surface area (Å²) in [6, 6.07) is 3.97. The molecule has 1 heterocycles. The topological polar surface area (TPSA) is 81.2 Å². The summed E-state index contributed by atoms with van der Waals surface area (Å²) >= 11 is 8.07. The predicted molar refractivity (Wildman–Crippen MR) is 91.2 cm³/mol. The number of halogens is 2. The number of anilines is 1. The molecule has 1 aromatic carbocycles. The first-order valence-corrected chi connectivity index (χ1v) is 8.92. The lowest BCUT2D eigenvalue weighted by atomic mass is 10.2. The van der Waals surface area contributed by atoms with Gasteiger partial charge in [-0.05, 0) is 26.0 Å². The maximum Gasteiger partial charge on any atom is 0.319 e. The molecule has 0 aliphatic heterocycles. The highest BCUT2D eigenvalue weighted by atomic mass is 35.5. The van der Waals surface area contributed by atoms with E-state index in [0.717, 1.165) is 29.2 Å². The highest BCUT2D eigenvalue weighted by Gasteiger charge is 2.20. The minimum Gasteiger partial charge on any atom is -0.465 e. The number of esters is 1. The predicted octanol–water partition coefficient (Wildman–Crippen LogP) is 3.63. The Morgan fingerprint density at radius 1 is 1.46 bits per heavy atom. The summed E-state index contributed by atoms with van der Waals surface area (Å²) in [6.45, 7) is 3.70. The summed E-state index contributed by atoms with van der Waals surface area (Å²) in [5, 5.41) is 9.83.